The molecule has 0 aliphatic rings. The first-order valence-electron chi connectivity index (χ1n) is 4.47. The van der Waals surface area contributed by atoms with Crippen molar-refractivity contribution in [3.63, 3.8) is 0 Å². The molecule has 0 radical (unpaired) electrons. The second-order valence-corrected chi connectivity index (χ2v) is 3.15. The third kappa shape index (κ3) is 4.00. The van der Waals surface area contributed by atoms with Crippen LogP contribution >= 0.6 is 0 Å². The van der Waals surface area contributed by atoms with Crippen LogP contribution in [0.3, 0.4) is 0 Å². The molecular weight excluding hydrogens is 182 g/mol. The summed E-state index contributed by atoms with van der Waals surface area (Å²) in [5.74, 6) is -0.969. The van der Waals surface area contributed by atoms with Crippen LogP contribution in [-0.4, -0.2) is 27.3 Å². The standard InChI is InChI=1S/C10H13NO3/c12-9(6-10(13)14)4-3-8-2-1-5-11-7-8/h1-2,5,7,9,12H,3-4,6H2,(H,13,14)/t9-/m0/s1. The number of nitrogens with zero attached hydrogens (tertiary/aromatic N) is 1. The molecule has 1 aromatic heterocycles. The van der Waals surface area contributed by atoms with Crippen LogP contribution in [0.15, 0.2) is 24.5 Å². The fourth-order valence-corrected chi connectivity index (χ4v) is 1.18. The highest BCUT2D eigenvalue weighted by molar-refractivity contribution is 5.67. The highest BCUT2D eigenvalue weighted by Crippen LogP contribution is 2.05. The molecule has 4 nitrogen and oxygen atoms in total. The first-order chi connectivity index (χ1) is 6.68. The Bertz CT molecular complexity index is 287. The number of rotatable bonds is 5. The van der Waals surface area contributed by atoms with Gasteiger partial charge in [-0.2, -0.15) is 0 Å². The zero-order valence-electron chi connectivity index (χ0n) is 7.76. The van der Waals surface area contributed by atoms with E-state index in [0.29, 0.717) is 12.8 Å². The lowest BCUT2D eigenvalue weighted by Gasteiger charge is -2.06. The van der Waals surface area contributed by atoms with Gasteiger partial charge in [0.2, 0.25) is 0 Å². The monoisotopic (exact) mass is 195 g/mol. The minimum absolute atomic E-state index is 0.194. The van der Waals surface area contributed by atoms with E-state index in [0.717, 1.165) is 5.56 Å². The van der Waals surface area contributed by atoms with Crippen molar-refractivity contribution in [2.24, 2.45) is 0 Å². The minimum Gasteiger partial charge on any atom is -0.481 e. The molecule has 76 valence electrons. The fourth-order valence-electron chi connectivity index (χ4n) is 1.18. The van der Waals surface area contributed by atoms with E-state index in [2.05, 4.69) is 4.98 Å². The number of carbonyl (C=O) groups is 1. The van der Waals surface area contributed by atoms with Crippen molar-refractivity contribution in [3.05, 3.63) is 30.1 Å². The Labute approximate surface area is 82.2 Å². The van der Waals surface area contributed by atoms with Crippen molar-refractivity contribution in [2.75, 3.05) is 0 Å². The molecule has 0 bridgehead atoms. The smallest absolute Gasteiger partial charge is 0.305 e. The highest BCUT2D eigenvalue weighted by atomic mass is 16.4. The maximum Gasteiger partial charge on any atom is 0.305 e. The van der Waals surface area contributed by atoms with E-state index >= 15 is 0 Å². The summed E-state index contributed by atoms with van der Waals surface area (Å²) < 4.78 is 0. The van der Waals surface area contributed by atoms with E-state index in [4.69, 9.17) is 5.11 Å². The van der Waals surface area contributed by atoms with Crippen LogP contribution in [0.25, 0.3) is 0 Å². The summed E-state index contributed by atoms with van der Waals surface area (Å²) in [7, 11) is 0. The van der Waals surface area contributed by atoms with Crippen molar-refractivity contribution in [1.82, 2.24) is 4.98 Å². The number of aliphatic hydroxyl groups is 1. The number of carboxylic acid groups (broad SMARTS) is 1. The van der Waals surface area contributed by atoms with Crippen LogP contribution in [0.1, 0.15) is 18.4 Å². The molecule has 14 heavy (non-hydrogen) atoms. The lowest BCUT2D eigenvalue weighted by atomic mass is 10.1. The summed E-state index contributed by atoms with van der Waals surface area (Å²) >= 11 is 0. The van der Waals surface area contributed by atoms with Crippen LogP contribution in [-0.2, 0) is 11.2 Å². The Morgan fingerprint density at radius 3 is 2.93 bits per heavy atom. The number of hydrogen-bond donors (Lipinski definition) is 2. The Kier molecular flexibility index (Phi) is 4.07. The van der Waals surface area contributed by atoms with Crippen LogP contribution in [0.2, 0.25) is 0 Å². The molecule has 4 heteroatoms. The van der Waals surface area contributed by atoms with Gasteiger partial charge in [0.25, 0.3) is 0 Å². The molecule has 0 fully saturated rings. The predicted molar refractivity (Wildman–Crippen MR) is 50.8 cm³/mol. The SMILES string of the molecule is O=C(O)C[C@@H](O)CCc1cccnc1. The highest BCUT2D eigenvalue weighted by Gasteiger charge is 2.08. The molecular formula is C10H13NO3. The van der Waals surface area contributed by atoms with Crippen LogP contribution < -0.4 is 0 Å². The van der Waals surface area contributed by atoms with Gasteiger partial charge in [-0.3, -0.25) is 9.78 Å². The number of aliphatic hydroxyl groups excluding tert-OH is 1. The van der Waals surface area contributed by atoms with E-state index in [1.807, 2.05) is 12.1 Å². The fraction of sp³-hybridized carbons (Fsp3) is 0.400. The molecule has 0 amide bonds. The second kappa shape index (κ2) is 5.34. The molecule has 0 unspecified atom stereocenters. The van der Waals surface area contributed by atoms with Gasteiger partial charge in [0, 0.05) is 12.4 Å². The van der Waals surface area contributed by atoms with E-state index in [-0.39, 0.29) is 6.42 Å². The summed E-state index contributed by atoms with van der Waals surface area (Å²) in [5.41, 5.74) is 1.01. The normalized spacial score (nSPS) is 12.4. The van der Waals surface area contributed by atoms with Crippen molar-refractivity contribution < 1.29 is 15.0 Å². The van der Waals surface area contributed by atoms with E-state index in [1.54, 1.807) is 12.4 Å². The number of aromatic nitrogens is 1. The molecule has 0 spiro atoms. The van der Waals surface area contributed by atoms with Crippen molar-refractivity contribution in [3.8, 4) is 0 Å². The quantitative estimate of drug-likeness (QED) is 0.730. The summed E-state index contributed by atoms with van der Waals surface area (Å²) in [6, 6.07) is 3.72. The van der Waals surface area contributed by atoms with Crippen molar-refractivity contribution >= 4 is 5.97 Å². The first kappa shape index (κ1) is 10.7. The van der Waals surface area contributed by atoms with E-state index in [9.17, 15) is 9.90 Å². The molecule has 0 saturated heterocycles. The number of carboxylic acids is 1. The van der Waals surface area contributed by atoms with Crippen molar-refractivity contribution in [2.45, 2.75) is 25.4 Å². The van der Waals surface area contributed by atoms with Crippen LogP contribution in [0.4, 0.5) is 0 Å². The van der Waals surface area contributed by atoms with Gasteiger partial charge >= 0.3 is 5.97 Å². The lowest BCUT2D eigenvalue weighted by molar-refractivity contribution is -0.139. The van der Waals surface area contributed by atoms with E-state index < -0.39 is 12.1 Å². The third-order valence-corrected chi connectivity index (χ3v) is 1.90. The predicted octanol–water partition coefficient (Wildman–Crippen LogP) is 0.850. The summed E-state index contributed by atoms with van der Waals surface area (Å²) in [4.78, 5) is 14.2. The molecule has 0 aliphatic heterocycles. The molecule has 0 aliphatic carbocycles. The number of pyridine rings is 1. The van der Waals surface area contributed by atoms with Gasteiger partial charge in [0.1, 0.15) is 0 Å². The van der Waals surface area contributed by atoms with E-state index in [1.165, 1.54) is 0 Å². The number of aryl methyl sites for hydroxylation is 1. The summed E-state index contributed by atoms with van der Waals surface area (Å²) in [6.45, 7) is 0. The van der Waals surface area contributed by atoms with Gasteiger partial charge < -0.3 is 10.2 Å². The van der Waals surface area contributed by atoms with Gasteiger partial charge in [0.05, 0.1) is 12.5 Å². The molecule has 1 heterocycles. The Morgan fingerprint density at radius 1 is 1.57 bits per heavy atom. The molecule has 1 rings (SSSR count). The molecule has 0 aromatic carbocycles. The van der Waals surface area contributed by atoms with Crippen LogP contribution in [0.5, 0.6) is 0 Å². The lowest BCUT2D eigenvalue weighted by Crippen LogP contribution is -2.13. The largest absolute Gasteiger partial charge is 0.481 e. The van der Waals surface area contributed by atoms with Gasteiger partial charge in [-0.05, 0) is 24.5 Å². The van der Waals surface area contributed by atoms with Gasteiger partial charge in [-0.25, -0.2) is 0 Å². The molecule has 1 aromatic rings. The molecule has 0 saturated carbocycles. The van der Waals surface area contributed by atoms with Gasteiger partial charge in [-0.15, -0.1) is 0 Å². The Morgan fingerprint density at radius 2 is 2.36 bits per heavy atom. The maximum atomic E-state index is 10.2. The average Bonchev–Trinajstić information content (AvgIpc) is 2.15. The Balaban J connectivity index is 2.30. The summed E-state index contributed by atoms with van der Waals surface area (Å²) in [6.07, 6.45) is 3.54. The zero-order valence-corrected chi connectivity index (χ0v) is 7.76. The Hall–Kier alpha value is -1.42. The zero-order chi connectivity index (χ0) is 10.4. The maximum absolute atomic E-state index is 10.2. The van der Waals surface area contributed by atoms with Crippen LogP contribution in [0, 0.1) is 0 Å². The topological polar surface area (TPSA) is 70.4 Å². The van der Waals surface area contributed by atoms with Crippen molar-refractivity contribution in [1.29, 1.82) is 0 Å². The van der Waals surface area contributed by atoms with Gasteiger partial charge in [0.15, 0.2) is 0 Å². The van der Waals surface area contributed by atoms with Gasteiger partial charge in [-0.1, -0.05) is 6.07 Å². The molecule has 2 N–H and O–H groups in total. The average molecular weight is 195 g/mol. The third-order valence-electron chi connectivity index (χ3n) is 1.90. The minimum atomic E-state index is -0.969. The number of aliphatic carboxylic acids is 1. The molecule has 1 atom stereocenters. The first-order valence-corrected chi connectivity index (χ1v) is 4.47. The second-order valence-electron chi connectivity index (χ2n) is 3.15. The summed E-state index contributed by atoms with van der Waals surface area (Å²) in [5, 5.41) is 17.7. The number of hydrogen-bond acceptors (Lipinski definition) is 3.